The molecule has 1 saturated heterocycles. The number of rotatable bonds is 4. The summed E-state index contributed by atoms with van der Waals surface area (Å²) in [6.07, 6.45) is 9.15. The van der Waals surface area contributed by atoms with E-state index in [1.807, 2.05) is 35.1 Å². The molecule has 142 valence electrons. The van der Waals surface area contributed by atoms with Crippen LogP contribution in [0.15, 0.2) is 17.8 Å². The van der Waals surface area contributed by atoms with Gasteiger partial charge in [-0.2, -0.15) is 0 Å². The Morgan fingerprint density at radius 1 is 1.11 bits per heavy atom. The first kappa shape index (κ1) is 17.1. The zero-order valence-electron chi connectivity index (χ0n) is 15.7. The van der Waals surface area contributed by atoms with Crippen LogP contribution in [0.4, 0.5) is 5.82 Å². The van der Waals surface area contributed by atoms with E-state index in [0.717, 1.165) is 55.9 Å². The minimum absolute atomic E-state index is 0.721. The molecule has 7 nitrogen and oxygen atoms in total. The molecule has 0 unspecified atom stereocenters. The van der Waals surface area contributed by atoms with E-state index in [2.05, 4.69) is 30.4 Å². The first-order chi connectivity index (χ1) is 13.3. The third-order valence-corrected chi connectivity index (χ3v) is 6.87. The van der Waals surface area contributed by atoms with Gasteiger partial charge in [-0.05, 0) is 19.8 Å². The monoisotopic (exact) mass is 383 g/mol. The van der Waals surface area contributed by atoms with Gasteiger partial charge in [0.25, 0.3) is 0 Å². The molecule has 0 spiro atoms. The first-order valence-corrected chi connectivity index (χ1v) is 10.7. The second-order valence-corrected chi connectivity index (χ2v) is 8.50. The Hall–Kier alpha value is -2.06. The van der Waals surface area contributed by atoms with Crippen molar-refractivity contribution in [2.24, 2.45) is 0 Å². The van der Waals surface area contributed by atoms with Crippen LogP contribution in [0.3, 0.4) is 0 Å². The molecule has 0 radical (unpaired) electrons. The molecule has 5 rings (SSSR count). The summed E-state index contributed by atoms with van der Waals surface area (Å²) in [5.74, 6) is 2.56. The average Bonchev–Trinajstić information content (AvgIpc) is 3.44. The summed E-state index contributed by atoms with van der Waals surface area (Å²) >= 11 is 1.86. The minimum atomic E-state index is 0.721. The molecular weight excluding hydrogens is 358 g/mol. The Kier molecular flexibility index (Phi) is 4.53. The Morgan fingerprint density at radius 2 is 1.93 bits per heavy atom. The van der Waals surface area contributed by atoms with Crippen molar-refractivity contribution in [3.05, 3.63) is 34.3 Å². The average molecular weight is 384 g/mol. The van der Waals surface area contributed by atoms with Crippen LogP contribution in [0, 0.1) is 6.92 Å². The number of hydrogen-bond acceptors (Lipinski definition) is 7. The van der Waals surface area contributed by atoms with Crippen LogP contribution in [0.5, 0.6) is 0 Å². The van der Waals surface area contributed by atoms with Gasteiger partial charge >= 0.3 is 0 Å². The maximum atomic E-state index is 4.94. The van der Waals surface area contributed by atoms with Crippen LogP contribution in [0.2, 0.25) is 0 Å². The highest BCUT2D eigenvalue weighted by atomic mass is 32.1. The van der Waals surface area contributed by atoms with Gasteiger partial charge in [-0.15, -0.1) is 21.5 Å². The zero-order chi connectivity index (χ0) is 18.2. The molecule has 0 aromatic carbocycles. The SMILES string of the molecule is Cc1nnc2c(N3CCN(Cc4csc(C5CCCC5)n4)CC3)nccn12. The molecular formula is C19H25N7S. The van der Waals surface area contributed by atoms with Crippen molar-refractivity contribution in [2.75, 3.05) is 31.1 Å². The number of fused-ring (bicyclic) bond motifs is 1. The molecule has 0 atom stereocenters. The number of piperazine rings is 1. The lowest BCUT2D eigenvalue weighted by Crippen LogP contribution is -2.46. The van der Waals surface area contributed by atoms with E-state index >= 15 is 0 Å². The van der Waals surface area contributed by atoms with Crippen molar-refractivity contribution in [1.29, 1.82) is 0 Å². The standard InChI is InChI=1S/C19H25N7S/c1-14-22-23-18-17(20-6-7-26(14)18)25-10-8-24(9-11-25)12-16-13-27-19(21-16)15-4-2-3-5-15/h6-7,13,15H,2-5,8-12H2,1H3. The minimum Gasteiger partial charge on any atom is -0.351 e. The van der Waals surface area contributed by atoms with Gasteiger partial charge in [0.15, 0.2) is 5.82 Å². The van der Waals surface area contributed by atoms with E-state index < -0.39 is 0 Å². The first-order valence-electron chi connectivity index (χ1n) is 9.86. The highest BCUT2D eigenvalue weighted by Crippen LogP contribution is 2.35. The molecule has 4 heterocycles. The second kappa shape index (κ2) is 7.16. The number of aromatic nitrogens is 5. The maximum Gasteiger partial charge on any atom is 0.203 e. The Balaban J connectivity index is 1.22. The van der Waals surface area contributed by atoms with Crippen LogP contribution < -0.4 is 4.90 Å². The quantitative estimate of drug-likeness (QED) is 0.690. The lowest BCUT2D eigenvalue weighted by atomic mass is 10.1. The van der Waals surface area contributed by atoms with Crippen molar-refractivity contribution in [3.8, 4) is 0 Å². The fraction of sp³-hybridized carbons (Fsp3) is 0.579. The van der Waals surface area contributed by atoms with Gasteiger partial charge in [0, 0.05) is 56.4 Å². The molecule has 1 aliphatic carbocycles. The van der Waals surface area contributed by atoms with E-state index in [4.69, 9.17) is 4.98 Å². The zero-order valence-corrected chi connectivity index (χ0v) is 16.5. The predicted octanol–water partition coefficient (Wildman–Crippen LogP) is 2.87. The van der Waals surface area contributed by atoms with E-state index in [9.17, 15) is 0 Å². The molecule has 1 saturated carbocycles. The van der Waals surface area contributed by atoms with Gasteiger partial charge in [0.2, 0.25) is 5.65 Å². The Labute approximate surface area is 163 Å². The molecule has 3 aromatic heterocycles. The summed E-state index contributed by atoms with van der Waals surface area (Å²) in [4.78, 5) is 14.3. The highest BCUT2D eigenvalue weighted by Gasteiger charge is 2.23. The largest absolute Gasteiger partial charge is 0.351 e. The Morgan fingerprint density at radius 3 is 2.74 bits per heavy atom. The van der Waals surface area contributed by atoms with Crippen molar-refractivity contribution in [2.45, 2.75) is 45.1 Å². The van der Waals surface area contributed by atoms with Gasteiger partial charge in [-0.1, -0.05) is 12.8 Å². The number of hydrogen-bond donors (Lipinski definition) is 0. The van der Waals surface area contributed by atoms with Crippen molar-refractivity contribution < 1.29 is 0 Å². The lowest BCUT2D eigenvalue weighted by molar-refractivity contribution is 0.247. The van der Waals surface area contributed by atoms with Crippen molar-refractivity contribution in [3.63, 3.8) is 0 Å². The molecule has 2 aliphatic rings. The van der Waals surface area contributed by atoms with Gasteiger partial charge in [0.1, 0.15) is 5.82 Å². The van der Waals surface area contributed by atoms with E-state index in [0.29, 0.717) is 0 Å². The van der Waals surface area contributed by atoms with Gasteiger partial charge < -0.3 is 4.90 Å². The summed E-state index contributed by atoms with van der Waals surface area (Å²) in [5, 5.41) is 12.1. The van der Waals surface area contributed by atoms with Crippen LogP contribution in [0.25, 0.3) is 5.65 Å². The van der Waals surface area contributed by atoms with E-state index in [1.54, 1.807) is 0 Å². The molecule has 27 heavy (non-hydrogen) atoms. The normalized spacial score (nSPS) is 19.4. The van der Waals surface area contributed by atoms with E-state index in [1.165, 1.54) is 36.4 Å². The summed E-state index contributed by atoms with van der Waals surface area (Å²) in [6, 6.07) is 0. The third-order valence-electron chi connectivity index (χ3n) is 5.81. The number of thiazole rings is 1. The van der Waals surface area contributed by atoms with Gasteiger partial charge in [-0.25, -0.2) is 9.97 Å². The fourth-order valence-electron chi connectivity index (χ4n) is 4.25. The van der Waals surface area contributed by atoms with E-state index in [-0.39, 0.29) is 0 Å². The van der Waals surface area contributed by atoms with Crippen LogP contribution >= 0.6 is 11.3 Å². The smallest absolute Gasteiger partial charge is 0.203 e. The molecule has 3 aromatic rings. The van der Waals surface area contributed by atoms with Crippen LogP contribution in [-0.2, 0) is 6.54 Å². The maximum absolute atomic E-state index is 4.94. The predicted molar refractivity (Wildman–Crippen MR) is 106 cm³/mol. The highest BCUT2D eigenvalue weighted by molar-refractivity contribution is 7.09. The van der Waals surface area contributed by atoms with Gasteiger partial charge in [0.05, 0.1) is 10.7 Å². The topological polar surface area (TPSA) is 62.5 Å². The number of aryl methyl sites for hydroxylation is 1. The summed E-state index contributed by atoms with van der Waals surface area (Å²) in [7, 11) is 0. The van der Waals surface area contributed by atoms with Crippen molar-refractivity contribution >= 4 is 22.8 Å². The lowest BCUT2D eigenvalue weighted by Gasteiger charge is -2.34. The molecule has 1 aliphatic heterocycles. The molecule has 0 bridgehead atoms. The van der Waals surface area contributed by atoms with Crippen LogP contribution in [-0.4, -0.2) is 55.6 Å². The second-order valence-electron chi connectivity index (χ2n) is 7.61. The molecule has 0 N–H and O–H groups in total. The number of anilines is 1. The molecule has 0 amide bonds. The Bertz CT molecular complexity index is 919. The third kappa shape index (κ3) is 3.32. The summed E-state index contributed by atoms with van der Waals surface area (Å²) in [6.45, 7) is 6.88. The summed E-state index contributed by atoms with van der Waals surface area (Å²) < 4.78 is 2.01. The molecule has 2 fully saturated rings. The van der Waals surface area contributed by atoms with Gasteiger partial charge in [-0.3, -0.25) is 9.30 Å². The summed E-state index contributed by atoms with van der Waals surface area (Å²) in [5.41, 5.74) is 2.09. The fourth-order valence-corrected chi connectivity index (χ4v) is 5.24. The van der Waals surface area contributed by atoms with Crippen LogP contribution in [0.1, 0.15) is 48.1 Å². The number of nitrogens with zero attached hydrogens (tertiary/aromatic N) is 7. The molecule has 8 heteroatoms. The van der Waals surface area contributed by atoms with Crippen molar-refractivity contribution in [1.82, 2.24) is 29.5 Å².